The third-order valence-corrected chi connectivity index (χ3v) is 5.74. The maximum Gasteiger partial charge on any atom is 0.228 e. The van der Waals surface area contributed by atoms with Gasteiger partial charge in [0.15, 0.2) is 0 Å². The molecular weight excluding hydrogens is 240 g/mol. The van der Waals surface area contributed by atoms with Crippen molar-refractivity contribution >= 4 is 11.8 Å². The summed E-state index contributed by atoms with van der Waals surface area (Å²) < 4.78 is 0. The van der Waals surface area contributed by atoms with Crippen LogP contribution >= 0.6 is 0 Å². The summed E-state index contributed by atoms with van der Waals surface area (Å²) in [5.41, 5.74) is 0. The fourth-order valence-corrected chi connectivity index (χ4v) is 4.84. The number of fused-ring (bicyclic) bond motifs is 6. The zero-order chi connectivity index (χ0) is 13.0. The smallest absolute Gasteiger partial charge is 0.228 e. The predicted octanol–water partition coefficient (Wildman–Crippen LogP) is 1.40. The average Bonchev–Trinajstić information content (AvgIpc) is 2.47. The monoisotopic (exact) mass is 262 g/mol. The van der Waals surface area contributed by atoms with Gasteiger partial charge in [0.1, 0.15) is 0 Å². The van der Waals surface area contributed by atoms with Crippen LogP contribution in [0.1, 0.15) is 44.9 Å². The van der Waals surface area contributed by atoms with Gasteiger partial charge < -0.3 is 9.80 Å². The third-order valence-electron chi connectivity index (χ3n) is 5.74. The summed E-state index contributed by atoms with van der Waals surface area (Å²) >= 11 is 0. The molecule has 2 amide bonds. The Hall–Kier alpha value is -1.06. The van der Waals surface area contributed by atoms with Gasteiger partial charge in [-0.3, -0.25) is 9.59 Å². The van der Waals surface area contributed by atoms with E-state index < -0.39 is 0 Å². The first-order valence-electron chi connectivity index (χ1n) is 7.88. The Morgan fingerprint density at radius 2 is 1.21 bits per heavy atom. The second-order valence-electron chi connectivity index (χ2n) is 6.64. The summed E-state index contributed by atoms with van der Waals surface area (Å²) in [5, 5.41) is 0. The highest BCUT2D eigenvalue weighted by Gasteiger charge is 2.54. The van der Waals surface area contributed by atoms with Crippen molar-refractivity contribution in [2.24, 2.45) is 11.8 Å². The van der Waals surface area contributed by atoms with Crippen LogP contribution in [-0.4, -0.2) is 46.8 Å². The molecular formula is C15H22N2O2. The van der Waals surface area contributed by atoms with E-state index in [-0.39, 0.29) is 23.9 Å². The number of nitrogens with zero attached hydrogens (tertiary/aromatic N) is 2. The van der Waals surface area contributed by atoms with Crippen molar-refractivity contribution in [1.82, 2.24) is 9.80 Å². The highest BCUT2D eigenvalue weighted by Crippen LogP contribution is 2.43. The van der Waals surface area contributed by atoms with Gasteiger partial charge in [0.25, 0.3) is 0 Å². The van der Waals surface area contributed by atoms with Crippen molar-refractivity contribution in [1.29, 1.82) is 0 Å². The molecule has 0 radical (unpaired) electrons. The lowest BCUT2D eigenvalue weighted by molar-refractivity contribution is -0.170. The van der Waals surface area contributed by atoms with E-state index in [4.69, 9.17) is 0 Å². The van der Waals surface area contributed by atoms with E-state index >= 15 is 0 Å². The molecule has 0 aromatic rings. The van der Waals surface area contributed by atoms with Crippen LogP contribution in [0, 0.1) is 11.8 Å². The first-order valence-corrected chi connectivity index (χ1v) is 7.88. The van der Waals surface area contributed by atoms with E-state index in [0.717, 1.165) is 45.2 Å². The van der Waals surface area contributed by atoms with Gasteiger partial charge in [-0.1, -0.05) is 0 Å². The summed E-state index contributed by atoms with van der Waals surface area (Å²) in [6, 6.07) is 0.431. The molecule has 19 heavy (non-hydrogen) atoms. The third kappa shape index (κ3) is 1.58. The molecule has 104 valence electrons. The molecule has 0 spiro atoms. The van der Waals surface area contributed by atoms with Gasteiger partial charge in [-0.25, -0.2) is 0 Å². The molecule has 4 saturated heterocycles. The predicted molar refractivity (Wildman–Crippen MR) is 70.3 cm³/mol. The Morgan fingerprint density at radius 1 is 0.737 bits per heavy atom. The van der Waals surface area contributed by atoms with Gasteiger partial charge in [0.05, 0.1) is 11.8 Å². The molecule has 4 fully saturated rings. The van der Waals surface area contributed by atoms with Gasteiger partial charge >= 0.3 is 0 Å². The molecule has 2 bridgehead atoms. The molecule has 4 nitrogen and oxygen atoms in total. The minimum Gasteiger partial charge on any atom is -0.339 e. The molecule has 0 aromatic carbocycles. The lowest BCUT2D eigenvalue weighted by Crippen LogP contribution is -2.67. The van der Waals surface area contributed by atoms with Crippen molar-refractivity contribution < 1.29 is 9.59 Å². The van der Waals surface area contributed by atoms with Crippen LogP contribution in [0.25, 0.3) is 0 Å². The highest BCUT2D eigenvalue weighted by atomic mass is 16.2. The molecule has 0 aliphatic carbocycles. The number of hydrogen-bond acceptors (Lipinski definition) is 2. The number of rotatable bonds is 0. The first kappa shape index (κ1) is 11.7. The highest BCUT2D eigenvalue weighted by molar-refractivity contribution is 5.89. The van der Waals surface area contributed by atoms with Gasteiger partial charge in [0.2, 0.25) is 11.8 Å². The number of carbonyl (C=O) groups is 2. The Morgan fingerprint density at radius 3 is 1.68 bits per heavy atom. The molecule has 0 unspecified atom stereocenters. The topological polar surface area (TPSA) is 40.6 Å². The van der Waals surface area contributed by atoms with Crippen LogP contribution < -0.4 is 0 Å². The van der Waals surface area contributed by atoms with E-state index in [9.17, 15) is 9.59 Å². The second kappa shape index (κ2) is 4.22. The Balaban J connectivity index is 1.70. The van der Waals surface area contributed by atoms with Crippen molar-refractivity contribution in [3.8, 4) is 0 Å². The molecule has 4 heteroatoms. The quantitative estimate of drug-likeness (QED) is 0.662. The molecule has 0 aromatic heterocycles. The van der Waals surface area contributed by atoms with Gasteiger partial charge in [-0.15, -0.1) is 0 Å². The SMILES string of the molecule is O=C1[C@@H]2C[C@@H](C(=O)N3CCCC[C@H]23)[C@H]2CCCCN12. The number of hydrogen-bond donors (Lipinski definition) is 0. The van der Waals surface area contributed by atoms with E-state index in [1.54, 1.807) is 0 Å². The zero-order valence-corrected chi connectivity index (χ0v) is 11.4. The van der Waals surface area contributed by atoms with Crippen LogP contribution in [0.3, 0.4) is 0 Å². The van der Waals surface area contributed by atoms with E-state index in [1.807, 2.05) is 0 Å². The molecule has 4 aliphatic heterocycles. The first-order chi connectivity index (χ1) is 9.27. The van der Waals surface area contributed by atoms with Crippen molar-refractivity contribution in [3.05, 3.63) is 0 Å². The average molecular weight is 262 g/mol. The van der Waals surface area contributed by atoms with Crippen LogP contribution in [0.4, 0.5) is 0 Å². The van der Waals surface area contributed by atoms with Crippen molar-refractivity contribution in [2.45, 2.75) is 57.0 Å². The largest absolute Gasteiger partial charge is 0.339 e. The fraction of sp³-hybridized carbons (Fsp3) is 0.867. The number of amides is 2. The van der Waals surface area contributed by atoms with Crippen molar-refractivity contribution in [2.75, 3.05) is 13.1 Å². The molecule has 4 atom stereocenters. The summed E-state index contributed by atoms with van der Waals surface area (Å²) in [5.74, 6) is 0.922. The standard InChI is InChI=1S/C15H22N2O2/c18-14-10-9-11(13-6-2-4-8-17(13)14)15(19)16-7-3-1-5-12(10)16/h10-13H,1-9H2/t10-,11-,12-,13-/m1/s1. The summed E-state index contributed by atoms with van der Waals surface area (Å²) in [6.45, 7) is 1.77. The van der Waals surface area contributed by atoms with Crippen LogP contribution in [0.15, 0.2) is 0 Å². The second-order valence-corrected chi connectivity index (χ2v) is 6.64. The molecule has 0 N–H and O–H groups in total. The Labute approximate surface area is 114 Å². The summed E-state index contributed by atoms with van der Waals surface area (Å²) in [4.78, 5) is 29.6. The van der Waals surface area contributed by atoms with Crippen LogP contribution in [-0.2, 0) is 9.59 Å². The van der Waals surface area contributed by atoms with Crippen LogP contribution in [0.5, 0.6) is 0 Å². The van der Waals surface area contributed by atoms with E-state index in [1.165, 1.54) is 12.8 Å². The maximum absolute atomic E-state index is 12.7. The number of carbonyl (C=O) groups excluding carboxylic acids is 2. The Kier molecular flexibility index (Phi) is 2.61. The zero-order valence-electron chi connectivity index (χ0n) is 11.4. The molecule has 4 rings (SSSR count). The van der Waals surface area contributed by atoms with E-state index in [2.05, 4.69) is 9.80 Å². The summed E-state index contributed by atoms with van der Waals surface area (Å²) in [6.07, 6.45) is 7.48. The maximum atomic E-state index is 12.7. The van der Waals surface area contributed by atoms with Crippen molar-refractivity contribution in [3.63, 3.8) is 0 Å². The van der Waals surface area contributed by atoms with Crippen LogP contribution in [0.2, 0.25) is 0 Å². The van der Waals surface area contributed by atoms with Gasteiger partial charge in [0, 0.05) is 25.2 Å². The summed E-state index contributed by atoms with van der Waals surface area (Å²) in [7, 11) is 0. The normalized spacial score (nSPS) is 41.9. The lowest BCUT2D eigenvalue weighted by atomic mass is 9.70. The minimum atomic E-state index is 0.109. The molecule has 4 aliphatic rings. The number of piperidine rings is 4. The fourth-order valence-electron chi connectivity index (χ4n) is 4.84. The van der Waals surface area contributed by atoms with Gasteiger partial charge in [-0.2, -0.15) is 0 Å². The van der Waals surface area contributed by atoms with Gasteiger partial charge in [-0.05, 0) is 44.9 Å². The lowest BCUT2D eigenvalue weighted by Gasteiger charge is -2.55. The molecule has 4 heterocycles. The molecule has 0 saturated carbocycles. The Bertz CT molecular complexity index is 384. The van der Waals surface area contributed by atoms with E-state index in [0.29, 0.717) is 11.8 Å². The minimum absolute atomic E-state index is 0.109.